The average molecular weight is 160 g/mol. The predicted molar refractivity (Wildman–Crippen MR) is 39.3 cm³/mol. The molecule has 5 heteroatoms. The molecule has 0 unspecified atom stereocenters. The average Bonchev–Trinajstić information content (AvgIpc) is 1.86. The molecular formula is C6H12N2O3. The maximum absolute atomic E-state index is 10.8. The van der Waals surface area contributed by atoms with E-state index in [4.69, 9.17) is 5.11 Å². The van der Waals surface area contributed by atoms with Crippen molar-refractivity contribution in [2.24, 2.45) is 0 Å². The Morgan fingerprint density at radius 3 is 2.36 bits per heavy atom. The highest BCUT2D eigenvalue weighted by molar-refractivity contribution is 5.76. The normalized spacial score (nSPS) is 8.91. The van der Waals surface area contributed by atoms with Crippen LogP contribution in [0.1, 0.15) is 6.42 Å². The summed E-state index contributed by atoms with van der Waals surface area (Å²) in [4.78, 5) is 22.2. The molecule has 11 heavy (non-hydrogen) atoms. The summed E-state index contributed by atoms with van der Waals surface area (Å²) in [6, 6.07) is 0. The fourth-order valence-electron chi connectivity index (χ4n) is 0.500. The summed E-state index contributed by atoms with van der Waals surface area (Å²) in [5.41, 5.74) is 0. The lowest BCUT2D eigenvalue weighted by atomic mass is 10.4. The zero-order chi connectivity index (χ0) is 8.85. The van der Waals surface area contributed by atoms with Gasteiger partial charge in [0.2, 0.25) is 5.91 Å². The van der Waals surface area contributed by atoms with Gasteiger partial charge in [-0.2, -0.15) is 0 Å². The largest absolute Gasteiger partial charge is 0.465 e. The van der Waals surface area contributed by atoms with Gasteiger partial charge in [-0.15, -0.1) is 0 Å². The van der Waals surface area contributed by atoms with Crippen LogP contribution in [0, 0.1) is 0 Å². The zero-order valence-corrected chi connectivity index (χ0v) is 6.63. The van der Waals surface area contributed by atoms with Gasteiger partial charge in [0.1, 0.15) is 0 Å². The van der Waals surface area contributed by atoms with Crippen molar-refractivity contribution in [2.75, 3.05) is 20.6 Å². The lowest BCUT2D eigenvalue weighted by Gasteiger charge is -2.08. The molecule has 0 radical (unpaired) electrons. The first-order valence-electron chi connectivity index (χ1n) is 3.21. The van der Waals surface area contributed by atoms with E-state index in [1.165, 1.54) is 4.90 Å². The van der Waals surface area contributed by atoms with Gasteiger partial charge in [-0.25, -0.2) is 4.79 Å². The third kappa shape index (κ3) is 5.20. The summed E-state index contributed by atoms with van der Waals surface area (Å²) in [6.45, 7) is 0.173. The number of carbonyl (C=O) groups is 2. The Labute approximate surface area is 65.0 Å². The van der Waals surface area contributed by atoms with Crippen LogP contribution in [-0.2, 0) is 4.79 Å². The van der Waals surface area contributed by atoms with Crippen LogP contribution >= 0.6 is 0 Å². The van der Waals surface area contributed by atoms with Gasteiger partial charge in [0.15, 0.2) is 0 Å². The molecule has 0 aliphatic heterocycles. The Hall–Kier alpha value is -1.26. The van der Waals surface area contributed by atoms with Crippen LogP contribution in [0.15, 0.2) is 0 Å². The van der Waals surface area contributed by atoms with Gasteiger partial charge in [0, 0.05) is 27.1 Å². The highest BCUT2D eigenvalue weighted by atomic mass is 16.4. The van der Waals surface area contributed by atoms with E-state index in [0.717, 1.165) is 0 Å². The Morgan fingerprint density at radius 2 is 2.00 bits per heavy atom. The number of nitrogens with one attached hydrogen (secondary N) is 1. The van der Waals surface area contributed by atoms with E-state index >= 15 is 0 Å². The second kappa shape index (κ2) is 4.54. The smallest absolute Gasteiger partial charge is 0.404 e. The first kappa shape index (κ1) is 9.74. The third-order valence-corrected chi connectivity index (χ3v) is 1.11. The topological polar surface area (TPSA) is 69.6 Å². The van der Waals surface area contributed by atoms with Crippen LogP contribution in [0.3, 0.4) is 0 Å². The number of hydrogen-bond donors (Lipinski definition) is 2. The van der Waals surface area contributed by atoms with E-state index in [1.54, 1.807) is 14.1 Å². The summed E-state index contributed by atoms with van der Waals surface area (Å²) < 4.78 is 0. The fourth-order valence-corrected chi connectivity index (χ4v) is 0.500. The van der Waals surface area contributed by atoms with Crippen LogP contribution in [-0.4, -0.2) is 42.6 Å². The zero-order valence-electron chi connectivity index (χ0n) is 6.63. The molecule has 0 bridgehead atoms. The quantitative estimate of drug-likeness (QED) is 0.597. The minimum Gasteiger partial charge on any atom is -0.465 e. The molecule has 5 nitrogen and oxygen atoms in total. The van der Waals surface area contributed by atoms with Gasteiger partial charge in [-0.1, -0.05) is 0 Å². The van der Waals surface area contributed by atoms with Gasteiger partial charge < -0.3 is 15.3 Å². The van der Waals surface area contributed by atoms with Crippen molar-refractivity contribution in [1.82, 2.24) is 10.2 Å². The van der Waals surface area contributed by atoms with Crippen molar-refractivity contribution in [3.8, 4) is 0 Å². The highest BCUT2D eigenvalue weighted by Gasteiger charge is 2.03. The van der Waals surface area contributed by atoms with Gasteiger partial charge >= 0.3 is 6.09 Å². The molecule has 0 heterocycles. The predicted octanol–water partition coefficient (Wildman–Crippen LogP) is -0.268. The third-order valence-electron chi connectivity index (χ3n) is 1.11. The first-order valence-corrected chi connectivity index (χ1v) is 3.21. The van der Waals surface area contributed by atoms with Gasteiger partial charge in [0.05, 0.1) is 0 Å². The number of carbonyl (C=O) groups excluding carboxylic acids is 1. The van der Waals surface area contributed by atoms with E-state index in [2.05, 4.69) is 5.32 Å². The second-order valence-electron chi connectivity index (χ2n) is 2.27. The Morgan fingerprint density at radius 1 is 1.45 bits per heavy atom. The molecule has 0 aromatic carbocycles. The van der Waals surface area contributed by atoms with Crippen molar-refractivity contribution < 1.29 is 14.7 Å². The summed E-state index contributed by atoms with van der Waals surface area (Å²) in [5.74, 6) is -0.0845. The van der Waals surface area contributed by atoms with E-state index in [-0.39, 0.29) is 18.9 Å². The lowest BCUT2D eigenvalue weighted by Crippen LogP contribution is -2.29. The molecule has 0 saturated carbocycles. The van der Waals surface area contributed by atoms with Crippen molar-refractivity contribution >= 4 is 12.0 Å². The number of hydrogen-bond acceptors (Lipinski definition) is 2. The Bertz CT molecular complexity index is 156. The van der Waals surface area contributed by atoms with Gasteiger partial charge in [-0.3, -0.25) is 4.79 Å². The molecule has 0 spiro atoms. The van der Waals surface area contributed by atoms with Crippen molar-refractivity contribution in [1.29, 1.82) is 0 Å². The minimum atomic E-state index is -1.10. The van der Waals surface area contributed by atoms with Crippen LogP contribution in [0.25, 0.3) is 0 Å². The molecule has 0 aliphatic rings. The molecule has 0 atom stereocenters. The van der Waals surface area contributed by atoms with E-state index < -0.39 is 6.09 Å². The maximum Gasteiger partial charge on any atom is 0.404 e. The van der Waals surface area contributed by atoms with Crippen LogP contribution < -0.4 is 5.32 Å². The molecule has 0 saturated heterocycles. The Balaban J connectivity index is 3.39. The summed E-state index contributed by atoms with van der Waals surface area (Å²) >= 11 is 0. The second-order valence-corrected chi connectivity index (χ2v) is 2.27. The lowest BCUT2D eigenvalue weighted by molar-refractivity contribution is -0.128. The van der Waals surface area contributed by atoms with Crippen LogP contribution in [0.4, 0.5) is 4.79 Å². The molecule has 0 aromatic heterocycles. The highest BCUT2D eigenvalue weighted by Crippen LogP contribution is 1.84. The van der Waals surface area contributed by atoms with Crippen molar-refractivity contribution in [3.05, 3.63) is 0 Å². The monoisotopic (exact) mass is 160 g/mol. The molecule has 0 aliphatic carbocycles. The number of rotatable bonds is 3. The standard InChI is InChI=1S/C6H12N2O3/c1-8(2)5(9)3-4-7-6(10)11/h7H,3-4H2,1-2H3,(H,10,11). The Kier molecular flexibility index (Phi) is 4.02. The maximum atomic E-state index is 10.8. The SMILES string of the molecule is CN(C)C(=O)CCNC(=O)O. The summed E-state index contributed by atoms with van der Waals surface area (Å²) in [5, 5.41) is 10.2. The number of nitrogens with zero attached hydrogens (tertiary/aromatic N) is 1. The van der Waals surface area contributed by atoms with Crippen LogP contribution in [0.5, 0.6) is 0 Å². The number of carboxylic acid groups (broad SMARTS) is 1. The molecular weight excluding hydrogens is 148 g/mol. The van der Waals surface area contributed by atoms with E-state index in [0.29, 0.717) is 0 Å². The molecule has 0 aromatic rings. The molecule has 0 fully saturated rings. The van der Waals surface area contributed by atoms with Crippen molar-refractivity contribution in [2.45, 2.75) is 6.42 Å². The molecule has 2 amide bonds. The molecule has 0 rings (SSSR count). The first-order chi connectivity index (χ1) is 5.04. The van der Waals surface area contributed by atoms with E-state index in [9.17, 15) is 9.59 Å². The number of amides is 2. The van der Waals surface area contributed by atoms with Crippen LogP contribution in [0.2, 0.25) is 0 Å². The minimum absolute atomic E-state index is 0.0845. The van der Waals surface area contributed by atoms with Gasteiger partial charge in [-0.05, 0) is 0 Å². The summed E-state index contributed by atoms with van der Waals surface area (Å²) in [6.07, 6.45) is -0.893. The fraction of sp³-hybridized carbons (Fsp3) is 0.667. The molecule has 64 valence electrons. The summed E-state index contributed by atoms with van der Waals surface area (Å²) in [7, 11) is 3.26. The molecule has 2 N–H and O–H groups in total. The van der Waals surface area contributed by atoms with E-state index in [1.807, 2.05) is 0 Å². The van der Waals surface area contributed by atoms with Crippen molar-refractivity contribution in [3.63, 3.8) is 0 Å². The van der Waals surface area contributed by atoms with Gasteiger partial charge in [0.25, 0.3) is 0 Å².